The van der Waals surface area contributed by atoms with Crippen LogP contribution in [-0.2, 0) is 11.2 Å². The molecule has 1 heterocycles. The molecular formula is C14H18ClNO2. The maximum Gasteiger partial charge on any atom is 0.224 e. The lowest BCUT2D eigenvalue weighted by Gasteiger charge is -2.10. The molecule has 0 aromatic heterocycles. The summed E-state index contributed by atoms with van der Waals surface area (Å²) in [5.74, 6) is 1.57. The summed E-state index contributed by atoms with van der Waals surface area (Å²) in [7, 11) is 0. The molecule has 0 bridgehead atoms. The standard InChI is InChI=1S/C14H18ClNO2/c15-8-1-2-9-18-12-7-6-11-4-3-5-14(17)16-13(11)10-12/h6-7,10H,1-5,8-9H2,(H,16,17). The van der Waals surface area contributed by atoms with Crippen molar-refractivity contribution in [2.75, 3.05) is 17.8 Å². The summed E-state index contributed by atoms with van der Waals surface area (Å²) >= 11 is 5.61. The van der Waals surface area contributed by atoms with Gasteiger partial charge >= 0.3 is 0 Å². The zero-order valence-corrected chi connectivity index (χ0v) is 11.1. The lowest BCUT2D eigenvalue weighted by atomic mass is 10.1. The number of nitrogens with one attached hydrogen (secondary N) is 1. The normalized spacial score (nSPS) is 14.6. The van der Waals surface area contributed by atoms with E-state index in [0.717, 1.165) is 37.1 Å². The van der Waals surface area contributed by atoms with Crippen LogP contribution in [0.1, 0.15) is 31.2 Å². The number of anilines is 1. The zero-order valence-electron chi connectivity index (χ0n) is 10.4. The topological polar surface area (TPSA) is 38.3 Å². The lowest BCUT2D eigenvalue weighted by Crippen LogP contribution is -2.09. The second kappa shape index (κ2) is 6.64. The minimum absolute atomic E-state index is 0.0908. The molecule has 1 aromatic carbocycles. The molecule has 18 heavy (non-hydrogen) atoms. The summed E-state index contributed by atoms with van der Waals surface area (Å²) in [6.07, 6.45) is 4.37. The Hall–Kier alpha value is -1.22. The number of ether oxygens (including phenoxy) is 1. The van der Waals surface area contributed by atoms with Crippen LogP contribution in [0.5, 0.6) is 5.75 Å². The van der Waals surface area contributed by atoms with Gasteiger partial charge < -0.3 is 10.1 Å². The Labute approximate surface area is 112 Å². The lowest BCUT2D eigenvalue weighted by molar-refractivity contribution is -0.116. The molecule has 0 fully saturated rings. The molecule has 0 radical (unpaired) electrons. The maximum atomic E-state index is 11.5. The number of carbonyl (C=O) groups is 1. The van der Waals surface area contributed by atoms with Crippen LogP contribution in [-0.4, -0.2) is 18.4 Å². The molecule has 3 nitrogen and oxygen atoms in total. The van der Waals surface area contributed by atoms with Gasteiger partial charge in [0, 0.05) is 24.1 Å². The van der Waals surface area contributed by atoms with Crippen molar-refractivity contribution in [2.24, 2.45) is 0 Å². The van der Waals surface area contributed by atoms with Gasteiger partial charge in [-0.3, -0.25) is 4.79 Å². The van der Waals surface area contributed by atoms with E-state index in [-0.39, 0.29) is 5.91 Å². The molecule has 0 unspecified atom stereocenters. The van der Waals surface area contributed by atoms with Gasteiger partial charge in [0.15, 0.2) is 0 Å². The van der Waals surface area contributed by atoms with E-state index in [1.165, 1.54) is 5.56 Å². The third-order valence-electron chi connectivity index (χ3n) is 3.00. The maximum absolute atomic E-state index is 11.5. The third-order valence-corrected chi connectivity index (χ3v) is 3.27. The molecule has 98 valence electrons. The summed E-state index contributed by atoms with van der Waals surface area (Å²) in [6.45, 7) is 0.666. The summed E-state index contributed by atoms with van der Waals surface area (Å²) in [5, 5.41) is 2.92. The second-order valence-corrected chi connectivity index (χ2v) is 4.84. The molecule has 0 saturated carbocycles. The van der Waals surface area contributed by atoms with Crippen molar-refractivity contribution in [3.8, 4) is 5.75 Å². The number of rotatable bonds is 5. The van der Waals surface area contributed by atoms with E-state index in [1.54, 1.807) is 0 Å². The van der Waals surface area contributed by atoms with Gasteiger partial charge in [-0.05, 0) is 37.3 Å². The number of alkyl halides is 1. The molecule has 0 atom stereocenters. The molecule has 0 saturated heterocycles. The van der Waals surface area contributed by atoms with E-state index < -0.39 is 0 Å². The molecule has 1 aromatic rings. The number of halogens is 1. The first kappa shape index (κ1) is 13.2. The largest absolute Gasteiger partial charge is 0.494 e. The highest BCUT2D eigenvalue weighted by atomic mass is 35.5. The predicted molar refractivity (Wildman–Crippen MR) is 73.5 cm³/mol. The number of unbranched alkanes of at least 4 members (excludes halogenated alkanes) is 1. The number of benzene rings is 1. The average molecular weight is 268 g/mol. The first-order valence-electron chi connectivity index (χ1n) is 6.41. The Kier molecular flexibility index (Phi) is 4.88. The number of fused-ring (bicyclic) bond motifs is 1. The van der Waals surface area contributed by atoms with Crippen LogP contribution in [0.4, 0.5) is 5.69 Å². The average Bonchev–Trinajstić information content (AvgIpc) is 2.55. The number of amides is 1. The van der Waals surface area contributed by atoms with E-state index in [1.807, 2.05) is 18.2 Å². The predicted octanol–water partition coefficient (Wildman–Crippen LogP) is 3.36. The number of aryl methyl sites for hydroxylation is 1. The molecule has 0 aliphatic carbocycles. The molecule has 0 spiro atoms. The Morgan fingerprint density at radius 1 is 1.28 bits per heavy atom. The molecule has 1 N–H and O–H groups in total. The SMILES string of the molecule is O=C1CCCc2ccc(OCCCCCl)cc2N1. The minimum atomic E-state index is 0.0908. The van der Waals surface area contributed by atoms with E-state index in [0.29, 0.717) is 18.9 Å². The summed E-state index contributed by atoms with van der Waals surface area (Å²) in [5.41, 5.74) is 2.08. The van der Waals surface area contributed by atoms with Crippen molar-refractivity contribution in [2.45, 2.75) is 32.1 Å². The van der Waals surface area contributed by atoms with Crippen molar-refractivity contribution < 1.29 is 9.53 Å². The summed E-state index contributed by atoms with van der Waals surface area (Å²) < 4.78 is 5.64. The summed E-state index contributed by atoms with van der Waals surface area (Å²) in [6, 6.07) is 5.92. The van der Waals surface area contributed by atoms with E-state index >= 15 is 0 Å². The van der Waals surface area contributed by atoms with Crippen LogP contribution >= 0.6 is 11.6 Å². The Morgan fingerprint density at radius 2 is 2.17 bits per heavy atom. The van der Waals surface area contributed by atoms with Crippen LogP contribution in [0.15, 0.2) is 18.2 Å². The molecule has 1 amide bonds. The van der Waals surface area contributed by atoms with Gasteiger partial charge in [0.2, 0.25) is 5.91 Å². The molecule has 1 aliphatic rings. The van der Waals surface area contributed by atoms with Crippen LogP contribution in [0, 0.1) is 0 Å². The van der Waals surface area contributed by atoms with E-state index in [4.69, 9.17) is 16.3 Å². The van der Waals surface area contributed by atoms with Gasteiger partial charge in [0.05, 0.1) is 6.61 Å². The van der Waals surface area contributed by atoms with Crippen molar-refractivity contribution in [3.63, 3.8) is 0 Å². The quantitative estimate of drug-likeness (QED) is 0.656. The molecule has 1 aliphatic heterocycles. The van der Waals surface area contributed by atoms with Gasteiger partial charge in [-0.2, -0.15) is 0 Å². The minimum Gasteiger partial charge on any atom is -0.494 e. The Bertz CT molecular complexity index is 420. The van der Waals surface area contributed by atoms with Crippen molar-refractivity contribution in [1.82, 2.24) is 0 Å². The van der Waals surface area contributed by atoms with Gasteiger partial charge in [-0.25, -0.2) is 0 Å². The van der Waals surface area contributed by atoms with Gasteiger partial charge in [-0.15, -0.1) is 11.6 Å². The first-order valence-corrected chi connectivity index (χ1v) is 6.94. The van der Waals surface area contributed by atoms with Crippen LogP contribution in [0.25, 0.3) is 0 Å². The van der Waals surface area contributed by atoms with Crippen LogP contribution < -0.4 is 10.1 Å². The van der Waals surface area contributed by atoms with Crippen molar-refractivity contribution in [1.29, 1.82) is 0 Å². The Balaban J connectivity index is 1.99. The fraction of sp³-hybridized carbons (Fsp3) is 0.500. The van der Waals surface area contributed by atoms with Gasteiger partial charge in [0.25, 0.3) is 0 Å². The van der Waals surface area contributed by atoms with Crippen molar-refractivity contribution >= 4 is 23.2 Å². The monoisotopic (exact) mass is 267 g/mol. The van der Waals surface area contributed by atoms with Crippen LogP contribution in [0.3, 0.4) is 0 Å². The highest BCUT2D eigenvalue weighted by molar-refractivity contribution is 6.17. The van der Waals surface area contributed by atoms with E-state index in [2.05, 4.69) is 5.32 Å². The fourth-order valence-electron chi connectivity index (χ4n) is 2.02. The zero-order chi connectivity index (χ0) is 12.8. The van der Waals surface area contributed by atoms with Crippen molar-refractivity contribution in [3.05, 3.63) is 23.8 Å². The van der Waals surface area contributed by atoms with Gasteiger partial charge in [-0.1, -0.05) is 6.07 Å². The molecule has 4 heteroatoms. The number of hydrogen-bond donors (Lipinski definition) is 1. The Morgan fingerprint density at radius 3 is 3.00 bits per heavy atom. The van der Waals surface area contributed by atoms with Crippen LogP contribution in [0.2, 0.25) is 0 Å². The highest BCUT2D eigenvalue weighted by Gasteiger charge is 2.13. The third kappa shape index (κ3) is 3.64. The highest BCUT2D eigenvalue weighted by Crippen LogP contribution is 2.26. The summed E-state index contributed by atoms with van der Waals surface area (Å²) in [4.78, 5) is 11.5. The number of carbonyl (C=O) groups excluding carboxylic acids is 1. The van der Waals surface area contributed by atoms with E-state index in [9.17, 15) is 4.79 Å². The second-order valence-electron chi connectivity index (χ2n) is 4.47. The number of hydrogen-bond acceptors (Lipinski definition) is 2. The molecular weight excluding hydrogens is 250 g/mol. The first-order chi connectivity index (χ1) is 8.79. The van der Waals surface area contributed by atoms with Gasteiger partial charge in [0.1, 0.15) is 5.75 Å². The smallest absolute Gasteiger partial charge is 0.224 e. The molecule has 2 rings (SSSR count). The fourth-order valence-corrected chi connectivity index (χ4v) is 2.21.